The average Bonchev–Trinajstić information content (AvgIpc) is 2.35. The molecule has 0 bridgehead atoms. The second kappa shape index (κ2) is 8.06. The zero-order chi connectivity index (χ0) is 12.8. The maximum atomic E-state index is 12.7. The molecule has 0 saturated heterocycles. The Labute approximate surface area is 113 Å². The van der Waals surface area contributed by atoms with Crippen LogP contribution < -0.4 is 11.1 Å². The highest BCUT2D eigenvalue weighted by molar-refractivity contribution is 5.85. The van der Waals surface area contributed by atoms with Gasteiger partial charge in [0.15, 0.2) is 0 Å². The minimum Gasteiger partial charge on any atom is -0.351 e. The Morgan fingerprint density at radius 3 is 2.44 bits per heavy atom. The molecule has 1 amide bonds. The van der Waals surface area contributed by atoms with Crippen LogP contribution in [0.3, 0.4) is 0 Å². The lowest BCUT2D eigenvalue weighted by Gasteiger charge is -2.17. The van der Waals surface area contributed by atoms with Crippen LogP contribution in [-0.4, -0.2) is 11.9 Å². The van der Waals surface area contributed by atoms with Crippen molar-refractivity contribution in [2.75, 3.05) is 0 Å². The standard InChI is InChI=1S/C13H19FN2O.ClH/c1-3-9(2)12(15)13(17)16-8-10-4-6-11(14)7-5-10;/h4-7,9,12H,3,8,15H2,1-2H3,(H,16,17);1H. The summed E-state index contributed by atoms with van der Waals surface area (Å²) in [5.74, 6) is -0.289. The second-order valence-corrected chi connectivity index (χ2v) is 4.26. The van der Waals surface area contributed by atoms with E-state index in [0.29, 0.717) is 6.54 Å². The van der Waals surface area contributed by atoms with Crippen molar-refractivity contribution in [3.05, 3.63) is 35.6 Å². The summed E-state index contributed by atoms with van der Waals surface area (Å²) in [4.78, 5) is 11.7. The fourth-order valence-electron chi connectivity index (χ4n) is 1.42. The maximum absolute atomic E-state index is 12.7. The Kier molecular flexibility index (Phi) is 7.55. The zero-order valence-corrected chi connectivity index (χ0v) is 11.5. The summed E-state index contributed by atoms with van der Waals surface area (Å²) in [6, 6.07) is 5.54. The van der Waals surface area contributed by atoms with Crippen LogP contribution in [0.4, 0.5) is 4.39 Å². The molecule has 1 aromatic rings. The molecule has 0 saturated carbocycles. The third-order valence-corrected chi connectivity index (χ3v) is 2.94. The van der Waals surface area contributed by atoms with Crippen LogP contribution in [0.15, 0.2) is 24.3 Å². The molecule has 0 aliphatic carbocycles. The first-order valence-electron chi connectivity index (χ1n) is 5.82. The Hall–Kier alpha value is -1.13. The average molecular weight is 275 g/mol. The Morgan fingerprint density at radius 2 is 1.94 bits per heavy atom. The number of carbonyl (C=O) groups excluding carboxylic acids is 1. The van der Waals surface area contributed by atoms with Crippen LogP contribution in [0.1, 0.15) is 25.8 Å². The van der Waals surface area contributed by atoms with Gasteiger partial charge in [-0.1, -0.05) is 32.4 Å². The number of amides is 1. The molecule has 1 aromatic carbocycles. The van der Waals surface area contributed by atoms with Crippen molar-refractivity contribution < 1.29 is 9.18 Å². The van der Waals surface area contributed by atoms with E-state index >= 15 is 0 Å². The molecule has 0 radical (unpaired) electrons. The molecule has 0 aliphatic rings. The molecule has 5 heteroatoms. The topological polar surface area (TPSA) is 55.1 Å². The van der Waals surface area contributed by atoms with Crippen LogP contribution in [0.5, 0.6) is 0 Å². The number of benzene rings is 1. The van der Waals surface area contributed by atoms with Crippen molar-refractivity contribution in [1.29, 1.82) is 0 Å². The summed E-state index contributed by atoms with van der Waals surface area (Å²) >= 11 is 0. The third-order valence-electron chi connectivity index (χ3n) is 2.94. The first-order valence-corrected chi connectivity index (χ1v) is 5.82. The molecule has 0 aliphatic heterocycles. The minimum absolute atomic E-state index is 0. The van der Waals surface area contributed by atoms with Gasteiger partial charge >= 0.3 is 0 Å². The number of nitrogens with one attached hydrogen (secondary N) is 1. The summed E-state index contributed by atoms with van der Waals surface area (Å²) in [6.07, 6.45) is 0.866. The Morgan fingerprint density at radius 1 is 1.39 bits per heavy atom. The lowest BCUT2D eigenvalue weighted by molar-refractivity contribution is -0.123. The van der Waals surface area contributed by atoms with Crippen molar-refractivity contribution in [2.45, 2.75) is 32.9 Å². The highest BCUT2D eigenvalue weighted by Gasteiger charge is 2.18. The van der Waals surface area contributed by atoms with Crippen LogP contribution >= 0.6 is 12.4 Å². The van der Waals surface area contributed by atoms with Gasteiger partial charge in [0.2, 0.25) is 5.91 Å². The molecule has 3 N–H and O–H groups in total. The number of hydrogen-bond acceptors (Lipinski definition) is 2. The third kappa shape index (κ3) is 5.02. The number of hydrogen-bond donors (Lipinski definition) is 2. The zero-order valence-electron chi connectivity index (χ0n) is 10.7. The summed E-state index contributed by atoms with van der Waals surface area (Å²) in [7, 11) is 0. The largest absolute Gasteiger partial charge is 0.351 e. The first-order chi connectivity index (χ1) is 8.04. The second-order valence-electron chi connectivity index (χ2n) is 4.26. The Balaban J connectivity index is 0.00000289. The molecular weight excluding hydrogens is 255 g/mol. The van der Waals surface area contributed by atoms with Crippen LogP contribution in [0.2, 0.25) is 0 Å². The predicted molar refractivity (Wildman–Crippen MR) is 72.9 cm³/mol. The smallest absolute Gasteiger partial charge is 0.237 e. The van der Waals surface area contributed by atoms with E-state index in [2.05, 4.69) is 5.32 Å². The molecule has 0 fully saturated rings. The fourth-order valence-corrected chi connectivity index (χ4v) is 1.42. The Bertz CT molecular complexity index is 370. The van der Waals surface area contributed by atoms with Crippen molar-refractivity contribution >= 4 is 18.3 Å². The van der Waals surface area contributed by atoms with E-state index < -0.39 is 6.04 Å². The van der Waals surface area contributed by atoms with Gasteiger partial charge in [0.05, 0.1) is 6.04 Å². The maximum Gasteiger partial charge on any atom is 0.237 e. The van der Waals surface area contributed by atoms with Gasteiger partial charge in [0, 0.05) is 6.54 Å². The molecule has 0 heterocycles. The van der Waals surface area contributed by atoms with Gasteiger partial charge in [-0.05, 0) is 23.6 Å². The molecule has 2 atom stereocenters. The normalized spacial score (nSPS) is 13.3. The van der Waals surface area contributed by atoms with E-state index in [1.165, 1.54) is 12.1 Å². The summed E-state index contributed by atoms with van der Waals surface area (Å²) in [5, 5.41) is 2.75. The van der Waals surface area contributed by atoms with E-state index in [9.17, 15) is 9.18 Å². The quantitative estimate of drug-likeness (QED) is 0.865. The van der Waals surface area contributed by atoms with Crippen LogP contribution in [-0.2, 0) is 11.3 Å². The van der Waals surface area contributed by atoms with Gasteiger partial charge in [-0.3, -0.25) is 4.79 Å². The molecule has 18 heavy (non-hydrogen) atoms. The van der Waals surface area contributed by atoms with Crippen LogP contribution in [0, 0.1) is 11.7 Å². The van der Waals surface area contributed by atoms with Crippen molar-refractivity contribution in [3.63, 3.8) is 0 Å². The van der Waals surface area contributed by atoms with E-state index in [1.807, 2.05) is 13.8 Å². The number of nitrogens with two attached hydrogens (primary N) is 1. The summed E-state index contributed by atoms with van der Waals surface area (Å²) in [6.45, 7) is 4.32. The highest BCUT2D eigenvalue weighted by atomic mass is 35.5. The van der Waals surface area contributed by atoms with E-state index in [0.717, 1.165) is 12.0 Å². The molecular formula is C13H20ClFN2O. The molecule has 0 aromatic heterocycles. The van der Waals surface area contributed by atoms with Gasteiger partial charge in [-0.25, -0.2) is 4.39 Å². The monoisotopic (exact) mass is 274 g/mol. The van der Waals surface area contributed by atoms with Crippen LogP contribution in [0.25, 0.3) is 0 Å². The molecule has 1 rings (SSSR count). The van der Waals surface area contributed by atoms with Crippen molar-refractivity contribution in [1.82, 2.24) is 5.32 Å². The number of carbonyl (C=O) groups is 1. The van der Waals surface area contributed by atoms with Crippen molar-refractivity contribution in [2.24, 2.45) is 11.7 Å². The van der Waals surface area contributed by atoms with Gasteiger partial charge in [-0.15, -0.1) is 12.4 Å². The van der Waals surface area contributed by atoms with E-state index in [4.69, 9.17) is 5.73 Å². The predicted octanol–water partition coefficient (Wildman–Crippen LogP) is 2.24. The molecule has 2 unspecified atom stereocenters. The lowest BCUT2D eigenvalue weighted by atomic mass is 9.99. The minimum atomic E-state index is -0.486. The molecule has 102 valence electrons. The highest BCUT2D eigenvalue weighted by Crippen LogP contribution is 2.06. The fraction of sp³-hybridized carbons (Fsp3) is 0.462. The number of halogens is 2. The number of rotatable bonds is 5. The first kappa shape index (κ1) is 16.9. The lowest BCUT2D eigenvalue weighted by Crippen LogP contribution is -2.44. The van der Waals surface area contributed by atoms with Gasteiger partial charge in [0.25, 0.3) is 0 Å². The summed E-state index contributed by atoms with van der Waals surface area (Å²) < 4.78 is 12.7. The van der Waals surface area contributed by atoms with Gasteiger partial charge < -0.3 is 11.1 Å². The SMILES string of the molecule is CCC(C)C(N)C(=O)NCc1ccc(F)cc1.Cl. The van der Waals surface area contributed by atoms with E-state index in [1.54, 1.807) is 12.1 Å². The van der Waals surface area contributed by atoms with Crippen molar-refractivity contribution in [3.8, 4) is 0 Å². The summed E-state index contributed by atoms with van der Waals surface area (Å²) in [5.41, 5.74) is 6.64. The molecule has 0 spiro atoms. The van der Waals surface area contributed by atoms with Gasteiger partial charge in [0.1, 0.15) is 5.82 Å². The van der Waals surface area contributed by atoms with E-state index in [-0.39, 0.29) is 30.0 Å². The van der Waals surface area contributed by atoms with Gasteiger partial charge in [-0.2, -0.15) is 0 Å². The molecule has 3 nitrogen and oxygen atoms in total.